The molecule has 0 saturated heterocycles. The smallest absolute Gasteiger partial charge is 0.255 e. The maximum Gasteiger partial charge on any atom is 0.255 e. The number of hydrogen-bond acceptors (Lipinski definition) is 6. The number of nitrogens with two attached hydrogens (primary N) is 1. The number of aromatic nitrogens is 3. The van der Waals surface area contributed by atoms with Crippen LogP contribution in [0, 0.1) is 12.7 Å². The van der Waals surface area contributed by atoms with Crippen molar-refractivity contribution in [2.75, 3.05) is 12.3 Å². The lowest BCUT2D eigenvalue weighted by Crippen LogP contribution is -2.06. The fourth-order valence-electron chi connectivity index (χ4n) is 1.27. The van der Waals surface area contributed by atoms with Crippen LogP contribution in [0.15, 0.2) is 11.7 Å². The number of anilines is 1. The van der Waals surface area contributed by atoms with Crippen LogP contribution < -0.4 is 10.5 Å². The average Bonchev–Trinajstić information content (AvgIpc) is 2.70. The molecule has 0 unspecified atom stereocenters. The maximum absolute atomic E-state index is 13.2. The Labute approximate surface area is 102 Å². The molecule has 2 aromatic heterocycles. The highest BCUT2D eigenvalue weighted by Gasteiger charge is 2.07. The van der Waals surface area contributed by atoms with Gasteiger partial charge < -0.3 is 10.5 Å². The van der Waals surface area contributed by atoms with Crippen LogP contribution in [0.25, 0.3) is 0 Å². The van der Waals surface area contributed by atoms with Gasteiger partial charge in [-0.05, 0) is 6.92 Å². The first-order chi connectivity index (χ1) is 8.16. The maximum atomic E-state index is 13.2. The highest BCUT2D eigenvalue weighted by Crippen LogP contribution is 2.16. The molecule has 0 saturated carbocycles. The van der Waals surface area contributed by atoms with Gasteiger partial charge in [0.15, 0.2) is 0 Å². The van der Waals surface area contributed by atoms with Gasteiger partial charge >= 0.3 is 0 Å². The largest absolute Gasteiger partial charge is 0.475 e. The fourth-order valence-corrected chi connectivity index (χ4v) is 2.03. The van der Waals surface area contributed by atoms with E-state index in [9.17, 15) is 4.39 Å². The van der Waals surface area contributed by atoms with Gasteiger partial charge in [0.25, 0.3) is 5.88 Å². The summed E-state index contributed by atoms with van der Waals surface area (Å²) in [4.78, 5) is 12.4. The number of aryl methyl sites for hydroxylation is 1. The van der Waals surface area contributed by atoms with Crippen LogP contribution >= 0.6 is 11.3 Å². The molecule has 17 heavy (non-hydrogen) atoms. The van der Waals surface area contributed by atoms with Gasteiger partial charge in [-0.1, -0.05) is 0 Å². The van der Waals surface area contributed by atoms with Crippen molar-refractivity contribution in [2.45, 2.75) is 13.3 Å². The Bertz CT molecular complexity index is 517. The van der Waals surface area contributed by atoms with Crippen LogP contribution in [0.1, 0.15) is 10.6 Å². The first kappa shape index (κ1) is 11.7. The lowest BCUT2D eigenvalue weighted by Gasteiger charge is -2.05. The number of halogens is 1. The second-order valence-electron chi connectivity index (χ2n) is 3.34. The molecule has 0 amide bonds. The molecule has 0 aliphatic rings. The molecule has 5 nitrogen and oxygen atoms in total. The number of thiazole rings is 1. The molecule has 0 bridgehead atoms. The van der Waals surface area contributed by atoms with Crippen LogP contribution in [0.5, 0.6) is 5.88 Å². The lowest BCUT2D eigenvalue weighted by atomic mass is 10.3. The Kier molecular flexibility index (Phi) is 3.48. The number of nitrogens with zero attached hydrogens (tertiary/aromatic N) is 3. The number of hydrogen-bond donors (Lipinski definition) is 1. The van der Waals surface area contributed by atoms with Crippen molar-refractivity contribution in [1.82, 2.24) is 15.0 Å². The van der Waals surface area contributed by atoms with E-state index in [-0.39, 0.29) is 11.8 Å². The molecule has 0 spiro atoms. The summed E-state index contributed by atoms with van der Waals surface area (Å²) in [7, 11) is 0. The van der Waals surface area contributed by atoms with Gasteiger partial charge in [-0.3, -0.25) is 0 Å². The van der Waals surface area contributed by atoms with Gasteiger partial charge in [0.05, 0.1) is 24.0 Å². The van der Waals surface area contributed by atoms with E-state index in [0.717, 1.165) is 16.8 Å². The fraction of sp³-hybridized carbons (Fsp3) is 0.300. The molecule has 90 valence electrons. The second-order valence-corrected chi connectivity index (χ2v) is 4.28. The number of ether oxygens (including phenoxy) is 1. The molecular formula is C10H11FN4OS. The van der Waals surface area contributed by atoms with Gasteiger partial charge in [0, 0.05) is 11.3 Å². The van der Waals surface area contributed by atoms with Gasteiger partial charge in [-0.15, -0.1) is 11.3 Å². The van der Waals surface area contributed by atoms with Crippen molar-refractivity contribution in [1.29, 1.82) is 0 Å². The summed E-state index contributed by atoms with van der Waals surface area (Å²) in [6.07, 6.45) is 1.66. The van der Waals surface area contributed by atoms with E-state index in [4.69, 9.17) is 10.5 Å². The van der Waals surface area contributed by atoms with Crippen LogP contribution in [0.4, 0.5) is 10.3 Å². The third kappa shape index (κ3) is 2.88. The first-order valence-corrected chi connectivity index (χ1v) is 5.84. The zero-order valence-electron chi connectivity index (χ0n) is 9.18. The highest BCUT2D eigenvalue weighted by molar-refractivity contribution is 7.09. The minimum atomic E-state index is -0.611. The number of rotatable bonds is 4. The molecule has 2 heterocycles. The van der Waals surface area contributed by atoms with Gasteiger partial charge in [0.2, 0.25) is 11.8 Å². The molecule has 0 aromatic carbocycles. The van der Waals surface area contributed by atoms with Crippen LogP contribution in [-0.4, -0.2) is 21.6 Å². The Hall–Kier alpha value is -1.76. The lowest BCUT2D eigenvalue weighted by molar-refractivity contribution is 0.292. The molecule has 0 aliphatic carbocycles. The standard InChI is InChI=1S/C10H11FN4OS/c1-6-8(17-5-14-6)2-3-16-9-7(11)4-13-10(12)15-9/h4-5H,2-3H2,1H3,(H2,12,13,15). The summed E-state index contributed by atoms with van der Waals surface area (Å²) in [5, 5.41) is 0. The molecule has 0 atom stereocenters. The quantitative estimate of drug-likeness (QED) is 0.896. The van der Waals surface area contributed by atoms with E-state index in [1.807, 2.05) is 6.92 Å². The molecule has 0 fully saturated rings. The summed E-state index contributed by atoms with van der Waals surface area (Å²) in [5.74, 6) is -0.727. The topological polar surface area (TPSA) is 73.9 Å². The predicted molar refractivity (Wildman–Crippen MR) is 62.5 cm³/mol. The highest BCUT2D eigenvalue weighted by atomic mass is 32.1. The summed E-state index contributed by atoms with van der Waals surface area (Å²) in [5.41, 5.74) is 8.09. The number of nitrogen functional groups attached to an aromatic ring is 1. The molecule has 7 heteroatoms. The molecule has 0 aliphatic heterocycles. The van der Waals surface area contributed by atoms with Gasteiger partial charge in [0.1, 0.15) is 0 Å². The SMILES string of the molecule is Cc1ncsc1CCOc1nc(N)ncc1F. The molecule has 2 rings (SSSR count). The van der Waals surface area contributed by atoms with Crippen LogP contribution in [0.3, 0.4) is 0 Å². The van der Waals surface area contributed by atoms with Gasteiger partial charge in [-0.2, -0.15) is 9.37 Å². The minimum absolute atomic E-state index is 0.00429. The monoisotopic (exact) mass is 254 g/mol. The Morgan fingerprint density at radius 2 is 2.29 bits per heavy atom. The van der Waals surface area contributed by atoms with E-state index in [2.05, 4.69) is 15.0 Å². The third-order valence-corrected chi connectivity index (χ3v) is 3.14. The summed E-state index contributed by atoms with van der Waals surface area (Å²) in [6.45, 7) is 2.26. The summed E-state index contributed by atoms with van der Waals surface area (Å²) < 4.78 is 18.4. The van der Waals surface area contributed by atoms with Crippen molar-refractivity contribution in [3.05, 3.63) is 28.1 Å². The molecule has 2 aromatic rings. The Morgan fingerprint density at radius 3 is 3.00 bits per heavy atom. The van der Waals surface area contributed by atoms with E-state index in [1.54, 1.807) is 16.8 Å². The normalized spacial score (nSPS) is 10.5. The van der Waals surface area contributed by atoms with Crippen molar-refractivity contribution in [2.24, 2.45) is 0 Å². The van der Waals surface area contributed by atoms with Crippen molar-refractivity contribution < 1.29 is 9.13 Å². The van der Waals surface area contributed by atoms with E-state index in [0.29, 0.717) is 13.0 Å². The van der Waals surface area contributed by atoms with E-state index in [1.165, 1.54) is 0 Å². The van der Waals surface area contributed by atoms with Crippen molar-refractivity contribution >= 4 is 17.3 Å². The zero-order chi connectivity index (χ0) is 12.3. The molecule has 2 N–H and O–H groups in total. The van der Waals surface area contributed by atoms with Crippen molar-refractivity contribution in [3.8, 4) is 5.88 Å². The average molecular weight is 254 g/mol. The Morgan fingerprint density at radius 1 is 1.47 bits per heavy atom. The zero-order valence-corrected chi connectivity index (χ0v) is 10.00. The summed E-state index contributed by atoms with van der Waals surface area (Å²) >= 11 is 1.55. The van der Waals surface area contributed by atoms with Crippen molar-refractivity contribution in [3.63, 3.8) is 0 Å². The minimum Gasteiger partial charge on any atom is -0.475 e. The van der Waals surface area contributed by atoms with E-state index < -0.39 is 5.82 Å². The Balaban J connectivity index is 1.94. The van der Waals surface area contributed by atoms with E-state index >= 15 is 0 Å². The third-order valence-electron chi connectivity index (χ3n) is 2.14. The second kappa shape index (κ2) is 5.05. The predicted octanol–water partition coefficient (Wildman–Crippen LogP) is 1.58. The summed E-state index contributed by atoms with van der Waals surface area (Å²) in [6, 6.07) is 0. The first-order valence-electron chi connectivity index (χ1n) is 4.96. The molecule has 0 radical (unpaired) electrons. The van der Waals surface area contributed by atoms with Crippen LogP contribution in [-0.2, 0) is 6.42 Å². The molecular weight excluding hydrogens is 243 g/mol. The van der Waals surface area contributed by atoms with Crippen LogP contribution in [0.2, 0.25) is 0 Å². The van der Waals surface area contributed by atoms with Gasteiger partial charge in [-0.25, -0.2) is 9.97 Å².